The Balaban J connectivity index is 3.54. The minimum Gasteiger partial charge on any atom is -0.395 e. The molecular formula is C6H12N2O2S. The highest BCUT2D eigenvalue weighted by atomic mass is 32.1. The van der Waals surface area contributed by atoms with Gasteiger partial charge in [0.05, 0.1) is 13.2 Å². The summed E-state index contributed by atoms with van der Waals surface area (Å²) in [5, 5.41) is 10.8. The summed E-state index contributed by atoms with van der Waals surface area (Å²) >= 11 is 3.85. The largest absolute Gasteiger partial charge is 0.395 e. The summed E-state index contributed by atoms with van der Waals surface area (Å²) in [7, 11) is 0. The van der Waals surface area contributed by atoms with E-state index in [1.54, 1.807) is 6.08 Å². The summed E-state index contributed by atoms with van der Waals surface area (Å²) in [5.74, 6) is 0. The van der Waals surface area contributed by atoms with E-state index in [2.05, 4.69) is 24.7 Å². The first-order chi connectivity index (χ1) is 5.22. The molecule has 0 rings (SSSR count). The van der Waals surface area contributed by atoms with Gasteiger partial charge in [-0.25, -0.2) is 4.79 Å². The molecule has 0 atom stereocenters. The number of nitrogens with one attached hydrogen (secondary N) is 1. The molecule has 64 valence electrons. The molecule has 0 aromatic rings. The van der Waals surface area contributed by atoms with Crippen LogP contribution in [0.4, 0.5) is 4.79 Å². The second-order valence-corrected chi connectivity index (χ2v) is 2.31. The minimum absolute atomic E-state index is 0.0680. The summed E-state index contributed by atoms with van der Waals surface area (Å²) in [5.41, 5.74) is 0. The fraction of sp³-hybridized carbons (Fsp3) is 0.500. The molecule has 0 aliphatic carbocycles. The van der Waals surface area contributed by atoms with Gasteiger partial charge in [-0.05, 0) is 0 Å². The molecule has 0 aromatic heterocycles. The van der Waals surface area contributed by atoms with E-state index in [1.165, 1.54) is 4.31 Å². The number of aliphatic hydroxyl groups is 1. The van der Waals surface area contributed by atoms with Crippen LogP contribution >= 0.6 is 12.8 Å². The summed E-state index contributed by atoms with van der Waals surface area (Å²) < 4.78 is 1.17. The SMILES string of the molecule is C=CCN(S)C(=O)NCCO. The molecule has 4 nitrogen and oxygen atoms in total. The Hall–Kier alpha value is -0.680. The minimum atomic E-state index is -0.331. The van der Waals surface area contributed by atoms with Crippen LogP contribution in [0.5, 0.6) is 0 Å². The van der Waals surface area contributed by atoms with E-state index in [9.17, 15) is 4.79 Å². The third-order valence-electron chi connectivity index (χ3n) is 0.924. The van der Waals surface area contributed by atoms with E-state index in [4.69, 9.17) is 5.11 Å². The van der Waals surface area contributed by atoms with E-state index in [0.29, 0.717) is 6.54 Å². The Bertz CT molecular complexity index is 141. The van der Waals surface area contributed by atoms with Crippen molar-refractivity contribution < 1.29 is 9.90 Å². The van der Waals surface area contributed by atoms with Gasteiger partial charge in [0.15, 0.2) is 0 Å². The van der Waals surface area contributed by atoms with Crippen LogP contribution in [-0.2, 0) is 0 Å². The van der Waals surface area contributed by atoms with Crippen LogP contribution in [0.1, 0.15) is 0 Å². The number of amides is 2. The number of rotatable bonds is 4. The van der Waals surface area contributed by atoms with Crippen LogP contribution < -0.4 is 5.32 Å². The van der Waals surface area contributed by atoms with Gasteiger partial charge in [-0.15, -0.1) is 6.58 Å². The van der Waals surface area contributed by atoms with Crippen molar-refractivity contribution in [2.45, 2.75) is 0 Å². The Morgan fingerprint density at radius 2 is 2.45 bits per heavy atom. The maximum absolute atomic E-state index is 10.9. The lowest BCUT2D eigenvalue weighted by Crippen LogP contribution is -2.35. The van der Waals surface area contributed by atoms with E-state index in [-0.39, 0.29) is 19.2 Å². The lowest BCUT2D eigenvalue weighted by atomic mass is 10.6. The fourth-order valence-electron chi connectivity index (χ4n) is 0.459. The Kier molecular flexibility index (Phi) is 5.68. The fourth-order valence-corrected chi connectivity index (χ4v) is 0.645. The zero-order chi connectivity index (χ0) is 8.69. The molecule has 0 bridgehead atoms. The predicted octanol–water partition coefficient (Wildman–Crippen LogP) is 0.0211. The van der Waals surface area contributed by atoms with E-state index in [0.717, 1.165) is 0 Å². The first-order valence-corrected chi connectivity index (χ1v) is 3.58. The van der Waals surface area contributed by atoms with Crippen molar-refractivity contribution in [2.24, 2.45) is 0 Å². The number of hydrogen-bond donors (Lipinski definition) is 3. The van der Waals surface area contributed by atoms with Crippen LogP contribution in [0.25, 0.3) is 0 Å². The predicted molar refractivity (Wildman–Crippen MR) is 46.4 cm³/mol. The van der Waals surface area contributed by atoms with Crippen molar-refractivity contribution >= 4 is 18.8 Å². The summed E-state index contributed by atoms with van der Waals surface area (Å²) in [6.45, 7) is 3.99. The third-order valence-corrected chi connectivity index (χ3v) is 1.27. The standard InChI is InChI=1S/C6H12N2O2S/c1-2-4-8(11)6(10)7-3-5-9/h2,9,11H,1,3-5H2,(H,7,10). The first kappa shape index (κ1) is 10.3. The van der Waals surface area contributed by atoms with E-state index >= 15 is 0 Å². The van der Waals surface area contributed by atoms with Crippen molar-refractivity contribution in [2.75, 3.05) is 19.7 Å². The quantitative estimate of drug-likeness (QED) is 0.418. The van der Waals surface area contributed by atoms with Gasteiger partial charge in [0.25, 0.3) is 0 Å². The average molecular weight is 176 g/mol. The van der Waals surface area contributed by atoms with Gasteiger partial charge in [0, 0.05) is 6.54 Å². The molecule has 0 saturated carbocycles. The second kappa shape index (κ2) is 6.06. The van der Waals surface area contributed by atoms with Gasteiger partial charge in [-0.2, -0.15) is 0 Å². The van der Waals surface area contributed by atoms with Crippen molar-refractivity contribution in [3.05, 3.63) is 12.7 Å². The number of thiol groups is 1. The average Bonchev–Trinajstić information content (AvgIpc) is 2.00. The molecule has 0 fully saturated rings. The van der Waals surface area contributed by atoms with Crippen LogP contribution in [0.2, 0.25) is 0 Å². The lowest BCUT2D eigenvalue weighted by molar-refractivity contribution is 0.222. The van der Waals surface area contributed by atoms with E-state index in [1.807, 2.05) is 0 Å². The van der Waals surface area contributed by atoms with Gasteiger partial charge in [0.2, 0.25) is 0 Å². The summed E-state index contributed by atoms with van der Waals surface area (Å²) in [6.07, 6.45) is 1.56. The number of hydrogen-bond acceptors (Lipinski definition) is 3. The van der Waals surface area contributed by atoms with Crippen molar-refractivity contribution in [1.82, 2.24) is 9.62 Å². The molecule has 0 aliphatic rings. The maximum Gasteiger partial charge on any atom is 0.327 e. The van der Waals surface area contributed by atoms with Gasteiger partial charge < -0.3 is 10.4 Å². The number of carbonyl (C=O) groups is 1. The highest BCUT2D eigenvalue weighted by Crippen LogP contribution is 1.92. The van der Waals surface area contributed by atoms with Gasteiger partial charge in [0.1, 0.15) is 0 Å². The molecule has 2 amide bonds. The van der Waals surface area contributed by atoms with Gasteiger partial charge in [-0.1, -0.05) is 18.9 Å². The van der Waals surface area contributed by atoms with Crippen molar-refractivity contribution in [3.63, 3.8) is 0 Å². The third kappa shape index (κ3) is 4.69. The van der Waals surface area contributed by atoms with Crippen LogP contribution in [-0.4, -0.2) is 35.1 Å². The molecule has 11 heavy (non-hydrogen) atoms. The Morgan fingerprint density at radius 3 is 2.91 bits per heavy atom. The smallest absolute Gasteiger partial charge is 0.327 e. The monoisotopic (exact) mass is 176 g/mol. The Morgan fingerprint density at radius 1 is 1.82 bits per heavy atom. The zero-order valence-electron chi connectivity index (χ0n) is 6.16. The summed E-state index contributed by atoms with van der Waals surface area (Å²) in [4.78, 5) is 10.9. The van der Waals surface area contributed by atoms with Crippen molar-refractivity contribution in [1.29, 1.82) is 0 Å². The molecule has 0 heterocycles. The molecule has 0 spiro atoms. The second-order valence-electron chi connectivity index (χ2n) is 1.83. The number of nitrogens with zero attached hydrogens (tertiary/aromatic N) is 1. The molecular weight excluding hydrogens is 164 g/mol. The first-order valence-electron chi connectivity index (χ1n) is 3.18. The lowest BCUT2D eigenvalue weighted by Gasteiger charge is -2.13. The molecule has 0 unspecified atom stereocenters. The maximum atomic E-state index is 10.9. The highest BCUT2D eigenvalue weighted by Gasteiger charge is 2.04. The molecule has 0 radical (unpaired) electrons. The highest BCUT2D eigenvalue weighted by molar-refractivity contribution is 7.78. The molecule has 0 saturated heterocycles. The molecule has 0 aromatic carbocycles. The number of urea groups is 1. The number of carbonyl (C=O) groups excluding carboxylic acids is 1. The molecule has 5 heteroatoms. The normalized spacial score (nSPS) is 8.91. The van der Waals surface area contributed by atoms with Gasteiger partial charge in [-0.3, -0.25) is 4.31 Å². The van der Waals surface area contributed by atoms with Crippen LogP contribution in [0.3, 0.4) is 0 Å². The van der Waals surface area contributed by atoms with E-state index < -0.39 is 0 Å². The van der Waals surface area contributed by atoms with Crippen LogP contribution in [0, 0.1) is 0 Å². The molecule has 2 N–H and O–H groups in total. The van der Waals surface area contributed by atoms with Gasteiger partial charge >= 0.3 is 6.03 Å². The topological polar surface area (TPSA) is 52.6 Å². The number of aliphatic hydroxyl groups excluding tert-OH is 1. The molecule has 0 aliphatic heterocycles. The summed E-state index contributed by atoms with van der Waals surface area (Å²) in [6, 6.07) is -0.331. The van der Waals surface area contributed by atoms with Crippen LogP contribution in [0.15, 0.2) is 12.7 Å². The zero-order valence-corrected chi connectivity index (χ0v) is 7.05. The van der Waals surface area contributed by atoms with Crippen molar-refractivity contribution in [3.8, 4) is 0 Å². The Labute approximate surface area is 71.4 Å².